The molecule has 0 spiro atoms. The zero-order valence-electron chi connectivity index (χ0n) is 15.3. The largest absolute Gasteiger partial charge is 0.368 e. The van der Waals surface area contributed by atoms with Crippen LogP contribution in [0.1, 0.15) is 19.3 Å². The minimum Gasteiger partial charge on any atom is -0.368 e. The Balaban J connectivity index is 1.88. The Bertz CT molecular complexity index is 668. The average Bonchev–Trinajstić information content (AvgIpc) is 2.61. The van der Waals surface area contributed by atoms with Crippen LogP contribution in [0.4, 0.5) is 5.69 Å². The van der Waals surface area contributed by atoms with Gasteiger partial charge in [0.2, 0.25) is 5.91 Å². The van der Waals surface area contributed by atoms with Crippen LogP contribution in [0.15, 0.2) is 29.2 Å². The molecule has 142 valence electrons. The van der Waals surface area contributed by atoms with Gasteiger partial charge in [-0.15, -0.1) is 11.8 Å². The number of hydrogen-bond donors (Lipinski definition) is 3. The van der Waals surface area contributed by atoms with Gasteiger partial charge in [0.15, 0.2) is 13.1 Å². The third-order valence-electron chi connectivity index (χ3n) is 4.45. The number of nitrogens with two attached hydrogens (primary N) is 1. The highest BCUT2D eigenvalue weighted by Gasteiger charge is 2.32. The quantitative estimate of drug-likeness (QED) is 0.568. The lowest BCUT2D eigenvalue weighted by molar-refractivity contribution is -0.862. The van der Waals surface area contributed by atoms with Gasteiger partial charge in [0.05, 0.1) is 12.7 Å². The molecule has 1 unspecified atom stereocenters. The van der Waals surface area contributed by atoms with Crippen molar-refractivity contribution in [3.8, 4) is 0 Å². The number of para-hydroxylation sites is 1. The van der Waals surface area contributed by atoms with Gasteiger partial charge < -0.3 is 20.9 Å². The number of quaternary nitrogens is 1. The van der Waals surface area contributed by atoms with Gasteiger partial charge in [0, 0.05) is 11.4 Å². The molecule has 1 aromatic rings. The number of carbonyl (C=O) groups excluding carboxylic acids is 3. The fourth-order valence-electron chi connectivity index (χ4n) is 3.16. The molecule has 1 aromatic carbocycles. The number of nitrogens with one attached hydrogen (secondary N) is 2. The Hall–Kier alpha value is -2.06. The van der Waals surface area contributed by atoms with E-state index in [1.165, 1.54) is 0 Å². The predicted molar refractivity (Wildman–Crippen MR) is 102 cm³/mol. The molecule has 0 bridgehead atoms. The number of nitrogens with zero attached hydrogens (tertiary/aromatic N) is 1. The predicted octanol–water partition coefficient (Wildman–Crippen LogP) is -0.272. The van der Waals surface area contributed by atoms with Crippen LogP contribution in [0.25, 0.3) is 0 Å². The number of likely N-dealkylation sites (tertiary alicyclic amines) is 1. The summed E-state index contributed by atoms with van der Waals surface area (Å²) < 4.78 is 0. The molecule has 2 rings (SSSR count). The van der Waals surface area contributed by atoms with Crippen molar-refractivity contribution in [3.05, 3.63) is 24.3 Å². The second-order valence-electron chi connectivity index (χ2n) is 6.56. The highest BCUT2D eigenvalue weighted by Crippen LogP contribution is 2.24. The topological polar surface area (TPSA) is 96.9 Å². The fourth-order valence-corrected chi connectivity index (χ4v) is 3.72. The summed E-state index contributed by atoms with van der Waals surface area (Å²) in [4.78, 5) is 39.7. The molecule has 26 heavy (non-hydrogen) atoms. The Kier molecular flexibility index (Phi) is 7.47. The summed E-state index contributed by atoms with van der Waals surface area (Å²) in [6.45, 7) is 0.873. The van der Waals surface area contributed by atoms with E-state index >= 15 is 0 Å². The van der Waals surface area contributed by atoms with Crippen LogP contribution in [0.3, 0.4) is 0 Å². The maximum Gasteiger partial charge on any atom is 0.279 e. The van der Waals surface area contributed by atoms with Gasteiger partial charge in [-0.25, -0.2) is 0 Å². The number of hydrogen-bond acceptors (Lipinski definition) is 4. The summed E-state index contributed by atoms with van der Waals surface area (Å²) in [5.41, 5.74) is 6.19. The number of thioether (sulfide) groups is 1. The van der Waals surface area contributed by atoms with Crippen LogP contribution in [0, 0.1) is 0 Å². The van der Waals surface area contributed by atoms with Gasteiger partial charge in [0.1, 0.15) is 6.04 Å². The van der Waals surface area contributed by atoms with Crippen LogP contribution in [-0.2, 0) is 14.4 Å². The van der Waals surface area contributed by atoms with E-state index in [0.29, 0.717) is 13.0 Å². The molecule has 1 fully saturated rings. The normalized spacial score (nSPS) is 18.2. The van der Waals surface area contributed by atoms with Gasteiger partial charge in [-0.05, 0) is 37.7 Å². The van der Waals surface area contributed by atoms with E-state index < -0.39 is 11.9 Å². The first-order chi connectivity index (χ1) is 12.4. The van der Waals surface area contributed by atoms with Crippen molar-refractivity contribution in [3.63, 3.8) is 0 Å². The number of primary amides is 1. The van der Waals surface area contributed by atoms with E-state index in [1.807, 2.05) is 30.5 Å². The van der Waals surface area contributed by atoms with Crippen LogP contribution in [0.2, 0.25) is 0 Å². The molecule has 7 nitrogen and oxygen atoms in total. The highest BCUT2D eigenvalue weighted by atomic mass is 32.2. The molecular formula is C18H27N4O3S+. The average molecular weight is 380 g/mol. The lowest BCUT2D eigenvalue weighted by Crippen LogP contribution is -3.11. The molecule has 8 heteroatoms. The summed E-state index contributed by atoms with van der Waals surface area (Å²) in [5, 5.41) is 2.89. The monoisotopic (exact) mass is 379 g/mol. The maximum atomic E-state index is 12.5. The number of anilines is 1. The molecule has 1 aliphatic rings. The maximum absolute atomic E-state index is 12.5. The standard InChI is InChI=1S/C18H26N4O3S/c1-21(11-16(23)20-13-7-3-4-9-15(13)26-2)12-17(24)22-10-6-5-8-14(22)18(19)25/h3-4,7,9,14H,5-6,8,10-12H2,1-2H3,(H2,19,25)(H,20,23)/p+1/t14-/m1/s1. The van der Waals surface area contributed by atoms with E-state index in [1.54, 1.807) is 23.7 Å². The van der Waals surface area contributed by atoms with Crippen LogP contribution >= 0.6 is 11.8 Å². The minimum absolute atomic E-state index is 0.136. The molecule has 0 aromatic heterocycles. The molecule has 1 saturated heterocycles. The van der Waals surface area contributed by atoms with E-state index in [2.05, 4.69) is 5.32 Å². The first-order valence-electron chi connectivity index (χ1n) is 8.75. The number of carbonyl (C=O) groups is 3. The number of benzene rings is 1. The molecule has 2 atom stereocenters. The van der Waals surface area contributed by atoms with Gasteiger partial charge in [0.25, 0.3) is 11.8 Å². The molecule has 0 aliphatic carbocycles. The lowest BCUT2D eigenvalue weighted by atomic mass is 10.0. The first-order valence-corrected chi connectivity index (χ1v) is 9.97. The van der Waals surface area contributed by atoms with E-state index in [4.69, 9.17) is 5.73 Å². The van der Waals surface area contributed by atoms with Crippen molar-refractivity contribution in [2.24, 2.45) is 5.73 Å². The Morgan fingerprint density at radius 2 is 2.00 bits per heavy atom. The van der Waals surface area contributed by atoms with Gasteiger partial charge >= 0.3 is 0 Å². The fraction of sp³-hybridized carbons (Fsp3) is 0.500. The zero-order chi connectivity index (χ0) is 19.1. The molecule has 4 N–H and O–H groups in total. The van der Waals surface area contributed by atoms with Crippen molar-refractivity contribution in [1.29, 1.82) is 0 Å². The second-order valence-corrected chi connectivity index (χ2v) is 7.41. The van der Waals surface area contributed by atoms with E-state index in [0.717, 1.165) is 28.3 Å². The summed E-state index contributed by atoms with van der Waals surface area (Å²) in [5.74, 6) is -0.743. The molecule has 1 heterocycles. The number of amides is 3. The third kappa shape index (κ3) is 5.47. The second kappa shape index (κ2) is 9.59. The SMILES string of the molecule is CSc1ccccc1NC(=O)C[NH+](C)CC(=O)N1CCCC[C@@H]1C(N)=O. The van der Waals surface area contributed by atoms with Crippen molar-refractivity contribution < 1.29 is 19.3 Å². The molecule has 3 amide bonds. The number of rotatable bonds is 7. The Labute approximate surface area is 158 Å². The van der Waals surface area contributed by atoms with Crippen molar-refractivity contribution in [2.45, 2.75) is 30.2 Å². The van der Waals surface area contributed by atoms with E-state index in [-0.39, 0.29) is 24.9 Å². The van der Waals surface area contributed by atoms with E-state index in [9.17, 15) is 14.4 Å². The van der Waals surface area contributed by atoms with Crippen LogP contribution in [0.5, 0.6) is 0 Å². The smallest absolute Gasteiger partial charge is 0.279 e. The summed E-state index contributed by atoms with van der Waals surface area (Å²) >= 11 is 1.56. The Morgan fingerprint density at radius 3 is 2.69 bits per heavy atom. The first kappa shape index (κ1) is 20.3. The van der Waals surface area contributed by atoms with Crippen molar-refractivity contribution in [1.82, 2.24) is 4.90 Å². The summed E-state index contributed by atoms with van der Waals surface area (Å²) in [7, 11) is 1.79. The molecule has 0 saturated carbocycles. The molecule has 1 aliphatic heterocycles. The zero-order valence-corrected chi connectivity index (χ0v) is 16.1. The highest BCUT2D eigenvalue weighted by molar-refractivity contribution is 7.98. The van der Waals surface area contributed by atoms with Gasteiger partial charge in [-0.3, -0.25) is 14.4 Å². The van der Waals surface area contributed by atoms with Crippen molar-refractivity contribution in [2.75, 3.05) is 38.3 Å². The molecular weight excluding hydrogens is 352 g/mol. The van der Waals surface area contributed by atoms with Crippen molar-refractivity contribution >= 4 is 35.2 Å². The lowest BCUT2D eigenvalue weighted by Gasteiger charge is -2.33. The molecule has 0 radical (unpaired) electrons. The van der Waals surface area contributed by atoms with Crippen LogP contribution in [-0.4, -0.2) is 61.6 Å². The number of likely N-dealkylation sites (N-methyl/N-ethyl adjacent to an activating group) is 1. The summed E-state index contributed by atoms with van der Waals surface area (Å²) in [6.07, 6.45) is 4.35. The minimum atomic E-state index is -0.522. The third-order valence-corrected chi connectivity index (χ3v) is 5.24. The summed E-state index contributed by atoms with van der Waals surface area (Å²) in [6, 6.07) is 7.07. The van der Waals surface area contributed by atoms with Gasteiger partial charge in [-0.2, -0.15) is 0 Å². The van der Waals surface area contributed by atoms with Gasteiger partial charge in [-0.1, -0.05) is 12.1 Å². The van der Waals surface area contributed by atoms with Crippen LogP contribution < -0.4 is 16.0 Å². The Morgan fingerprint density at radius 1 is 1.27 bits per heavy atom. The number of piperidine rings is 1.